The van der Waals surface area contributed by atoms with E-state index in [1.54, 1.807) is 0 Å². The third-order valence-electron chi connectivity index (χ3n) is 6.24. The highest BCUT2D eigenvalue weighted by molar-refractivity contribution is 7.02. The molecule has 0 aliphatic heterocycles. The van der Waals surface area contributed by atoms with Gasteiger partial charge in [0.25, 0.3) is 0 Å². The second kappa shape index (κ2) is 17.2. The van der Waals surface area contributed by atoms with Crippen LogP contribution in [-0.2, 0) is 37.0 Å². The molecule has 0 saturated heterocycles. The normalized spacial score (nSPS) is 14.6. The summed E-state index contributed by atoms with van der Waals surface area (Å²) in [5.74, 6) is 0. The summed E-state index contributed by atoms with van der Waals surface area (Å²) in [6, 6.07) is 20.8. The molecule has 278 valence electrons. The summed E-state index contributed by atoms with van der Waals surface area (Å²) in [6.45, 7) is 38.0. The van der Waals surface area contributed by atoms with E-state index in [-0.39, 0.29) is 0 Å². The van der Waals surface area contributed by atoms with E-state index >= 15 is 0 Å². The van der Waals surface area contributed by atoms with Crippen molar-refractivity contribution in [2.45, 2.75) is 118 Å². The van der Waals surface area contributed by atoms with Crippen LogP contribution in [0.25, 0.3) is 0 Å². The van der Waals surface area contributed by atoms with Crippen molar-refractivity contribution in [1.29, 1.82) is 0 Å². The van der Waals surface area contributed by atoms with Crippen LogP contribution in [0, 0.1) is 0 Å². The maximum absolute atomic E-state index is 7.34. The van der Waals surface area contributed by atoms with Gasteiger partial charge in [0.15, 0.2) is 16.6 Å². The molecule has 0 aliphatic rings. The van der Waals surface area contributed by atoms with Crippen molar-refractivity contribution in [3.63, 3.8) is 0 Å². The summed E-state index contributed by atoms with van der Waals surface area (Å²) in [5, 5.41) is 2.15. The first-order valence-corrected chi connectivity index (χ1v) is 43.3. The molecule has 0 spiro atoms. The second-order valence-electron chi connectivity index (χ2n) is 16.5. The summed E-state index contributed by atoms with van der Waals surface area (Å²) in [5.41, 5.74) is 0. The van der Waals surface area contributed by atoms with Gasteiger partial charge in [-0.3, -0.25) is 0 Å². The van der Waals surface area contributed by atoms with Crippen LogP contribution in [0.4, 0.5) is 0 Å². The van der Waals surface area contributed by atoms with Crippen LogP contribution in [-0.4, -0.2) is 86.6 Å². The summed E-state index contributed by atoms with van der Waals surface area (Å²) in [6.07, 6.45) is 0. The zero-order chi connectivity index (χ0) is 37.7. The molecule has 9 nitrogen and oxygen atoms in total. The summed E-state index contributed by atoms with van der Waals surface area (Å²) < 4.78 is 60.7. The number of rotatable bonds is 20. The molecule has 0 atom stereocenters. The van der Waals surface area contributed by atoms with Gasteiger partial charge in [0.2, 0.25) is 0 Å². The van der Waals surface area contributed by atoms with Gasteiger partial charge in [-0.2, -0.15) is 0 Å². The highest BCUT2D eigenvalue weighted by Crippen LogP contribution is 2.29. The second-order valence-corrected chi connectivity index (χ2v) is 50.6. The lowest BCUT2D eigenvalue weighted by Crippen LogP contribution is -2.71. The van der Waals surface area contributed by atoms with E-state index in [0.29, 0.717) is 0 Å². The molecule has 0 amide bonds. The fourth-order valence-electron chi connectivity index (χ4n) is 6.01. The average molecular weight is 850 g/mol. The molecule has 2 radical (unpaired) electrons. The maximum Gasteiger partial charge on any atom is 0.388 e. The predicted octanol–water partition coefficient (Wildman–Crippen LogP) is 7.81. The highest BCUT2D eigenvalue weighted by atomic mass is 28.5. The first kappa shape index (κ1) is 45.4. The zero-order valence-electron chi connectivity index (χ0n) is 33.4. The molecule has 2 aromatic rings. The van der Waals surface area contributed by atoms with E-state index in [0.717, 1.165) is 10.4 Å². The van der Waals surface area contributed by atoms with Gasteiger partial charge in [-0.25, -0.2) is 0 Å². The van der Waals surface area contributed by atoms with Crippen molar-refractivity contribution >= 4 is 96.9 Å². The molecule has 0 aliphatic carbocycles. The molecule has 0 N–H and O–H groups in total. The Morgan fingerprint density at radius 2 is 0.694 bits per heavy atom. The van der Waals surface area contributed by atoms with Crippen molar-refractivity contribution in [3.05, 3.63) is 60.7 Å². The first-order valence-electron chi connectivity index (χ1n) is 17.0. The van der Waals surface area contributed by atoms with Crippen LogP contribution in [0.3, 0.4) is 0 Å². The van der Waals surface area contributed by atoms with Crippen molar-refractivity contribution in [2.75, 3.05) is 0 Å². The standard InChI is InChI=1S/C30H64O9Si10/c1-40(32-42(3,4)5)31-41(2)33-44(9,10)35-45(11,12)36-46(13,14)37-47(15,16)38-48(17,18)39-49(34-43(6,7)8,29-25-21-19-22-26-29)30-27-23-20-24-28-30/h19-28H,1-18H3. The molecule has 0 saturated carbocycles. The topological polar surface area (TPSA) is 83.1 Å². The van der Waals surface area contributed by atoms with E-state index in [2.05, 4.69) is 153 Å². The summed E-state index contributed by atoms with van der Waals surface area (Å²) in [7, 11) is -23.5. The van der Waals surface area contributed by atoms with Gasteiger partial charge in [0.05, 0.1) is 0 Å². The molecular formula is C30H64O9Si10. The van der Waals surface area contributed by atoms with Gasteiger partial charge in [-0.05, 0) is 128 Å². The minimum absolute atomic E-state index is 1.08. The smallest absolute Gasteiger partial charge is 0.388 e. The third kappa shape index (κ3) is 16.9. The predicted molar refractivity (Wildman–Crippen MR) is 225 cm³/mol. The maximum atomic E-state index is 7.34. The molecule has 2 aromatic carbocycles. The zero-order valence-corrected chi connectivity index (χ0v) is 43.4. The number of hydrogen-bond acceptors (Lipinski definition) is 9. The number of hydrogen-bond donors (Lipinski definition) is 0. The Labute approximate surface area is 310 Å². The Bertz CT molecular complexity index is 1270. The molecule has 49 heavy (non-hydrogen) atoms. The van der Waals surface area contributed by atoms with Crippen molar-refractivity contribution in [3.8, 4) is 0 Å². The largest absolute Gasteiger partial charge is 0.436 e. The molecule has 0 unspecified atom stereocenters. The first-order chi connectivity index (χ1) is 21.9. The Morgan fingerprint density at radius 1 is 0.367 bits per heavy atom. The minimum Gasteiger partial charge on any atom is -0.436 e. The van der Waals surface area contributed by atoms with E-state index in [1.807, 2.05) is 25.2 Å². The van der Waals surface area contributed by atoms with Gasteiger partial charge < -0.3 is 37.0 Å². The van der Waals surface area contributed by atoms with Crippen LogP contribution >= 0.6 is 0 Å². The molecule has 0 aromatic heterocycles. The number of benzene rings is 2. The molecule has 0 fully saturated rings. The highest BCUT2D eigenvalue weighted by Gasteiger charge is 2.53. The van der Waals surface area contributed by atoms with Gasteiger partial charge >= 0.3 is 69.9 Å². The van der Waals surface area contributed by atoms with Gasteiger partial charge in [0.1, 0.15) is 0 Å². The SMILES string of the molecule is C[Si](O[Si](C)O[Si](C)(C)O[Si](C)(C)O[Si](C)(C)O[Si](C)(C)O[Si](C)(C)O[Si](O[Si](C)(C)C)(c1ccccc1)c1ccccc1)O[Si](C)(C)C. The van der Waals surface area contributed by atoms with Crippen LogP contribution in [0.2, 0.25) is 118 Å². The monoisotopic (exact) mass is 848 g/mol. The molecule has 0 bridgehead atoms. The van der Waals surface area contributed by atoms with Gasteiger partial charge in [0, 0.05) is 0 Å². The Balaban J connectivity index is 2.23. The fraction of sp³-hybridized carbons (Fsp3) is 0.600. The Kier molecular flexibility index (Phi) is 15.9. The lowest BCUT2D eigenvalue weighted by molar-refractivity contribution is 0.263. The third-order valence-corrected chi connectivity index (χ3v) is 39.9. The van der Waals surface area contributed by atoms with Crippen LogP contribution in [0.1, 0.15) is 0 Å². The van der Waals surface area contributed by atoms with Crippen molar-refractivity contribution < 1.29 is 37.0 Å². The molecule has 2 rings (SSSR count). The quantitative estimate of drug-likeness (QED) is 0.124. The summed E-state index contributed by atoms with van der Waals surface area (Å²) >= 11 is 0. The van der Waals surface area contributed by atoms with Gasteiger partial charge in [-0.15, -0.1) is 0 Å². The van der Waals surface area contributed by atoms with E-state index < -0.39 is 86.6 Å². The lowest BCUT2D eigenvalue weighted by atomic mass is 10.4. The van der Waals surface area contributed by atoms with E-state index in [4.69, 9.17) is 37.0 Å². The average Bonchev–Trinajstić information content (AvgIpc) is 2.83. The van der Waals surface area contributed by atoms with Gasteiger partial charge in [-0.1, -0.05) is 60.7 Å². The van der Waals surface area contributed by atoms with E-state index in [1.165, 1.54) is 0 Å². The van der Waals surface area contributed by atoms with E-state index in [9.17, 15) is 0 Å². The summed E-state index contributed by atoms with van der Waals surface area (Å²) in [4.78, 5) is 0. The van der Waals surface area contributed by atoms with Crippen molar-refractivity contribution in [2.24, 2.45) is 0 Å². The fourth-order valence-corrected chi connectivity index (χ4v) is 46.8. The van der Waals surface area contributed by atoms with Crippen molar-refractivity contribution in [1.82, 2.24) is 0 Å². The molecular weight excluding hydrogens is 785 g/mol. The molecule has 0 heterocycles. The van der Waals surface area contributed by atoms with Crippen LogP contribution < -0.4 is 10.4 Å². The Morgan fingerprint density at radius 3 is 1.04 bits per heavy atom. The Hall–Kier alpha value is 0.249. The molecule has 19 heteroatoms. The van der Waals surface area contributed by atoms with Crippen LogP contribution in [0.15, 0.2) is 60.7 Å². The minimum atomic E-state index is -3.17. The lowest BCUT2D eigenvalue weighted by Gasteiger charge is -2.45. The van der Waals surface area contributed by atoms with Crippen LogP contribution in [0.5, 0.6) is 0 Å².